The summed E-state index contributed by atoms with van der Waals surface area (Å²) in [5, 5.41) is -0.782. The summed E-state index contributed by atoms with van der Waals surface area (Å²) < 4.78 is 54.2. The first kappa shape index (κ1) is 12.8. The van der Waals surface area contributed by atoms with Crippen molar-refractivity contribution >= 4 is 17.6 Å². The fourth-order valence-corrected chi connectivity index (χ4v) is 1.25. The van der Waals surface area contributed by atoms with Crippen LogP contribution in [0.3, 0.4) is 0 Å². The normalized spacial score (nSPS) is 11.4. The molecule has 0 aromatic heterocycles. The summed E-state index contributed by atoms with van der Waals surface area (Å²) in [6.45, 7) is 0. The van der Waals surface area contributed by atoms with E-state index in [2.05, 4.69) is 4.74 Å². The van der Waals surface area contributed by atoms with Crippen LogP contribution < -0.4 is 0 Å². The Balaban J connectivity index is 3.39. The van der Waals surface area contributed by atoms with E-state index >= 15 is 0 Å². The van der Waals surface area contributed by atoms with Crippen LogP contribution >= 0.6 is 11.6 Å². The molecule has 1 aromatic rings. The molecule has 2 nitrogen and oxygen atoms in total. The van der Waals surface area contributed by atoms with Gasteiger partial charge in [0.15, 0.2) is 5.82 Å². The van der Waals surface area contributed by atoms with Crippen LogP contribution in [0.1, 0.15) is 15.9 Å². The zero-order valence-corrected chi connectivity index (χ0v) is 8.62. The molecule has 0 bridgehead atoms. The molecule has 0 aliphatic heterocycles. The Morgan fingerprint density at radius 2 is 1.94 bits per heavy atom. The number of carbonyl (C=O) groups is 1. The second kappa shape index (κ2) is 4.29. The number of alkyl halides is 3. The van der Waals surface area contributed by atoms with E-state index in [0.29, 0.717) is 6.07 Å². The molecule has 0 spiro atoms. The van der Waals surface area contributed by atoms with Crippen LogP contribution in [0.2, 0.25) is 5.02 Å². The van der Waals surface area contributed by atoms with Crippen LogP contribution in [0.25, 0.3) is 0 Å². The molecule has 0 unspecified atom stereocenters. The molecule has 7 heteroatoms. The summed E-state index contributed by atoms with van der Waals surface area (Å²) in [6, 6.07) is 1.13. The lowest BCUT2D eigenvalue weighted by Crippen LogP contribution is -2.11. The van der Waals surface area contributed by atoms with Gasteiger partial charge in [-0.25, -0.2) is 9.18 Å². The number of hydrogen-bond donors (Lipinski definition) is 0. The van der Waals surface area contributed by atoms with Crippen LogP contribution in [0.5, 0.6) is 0 Å². The molecule has 0 atom stereocenters. The monoisotopic (exact) mass is 256 g/mol. The SMILES string of the molecule is COC(=O)c1cc(Cl)c(F)c(C(F)(F)F)c1. The zero-order valence-electron chi connectivity index (χ0n) is 7.86. The second-order valence-electron chi connectivity index (χ2n) is 2.81. The molecule has 0 fully saturated rings. The Morgan fingerprint density at radius 1 is 1.38 bits per heavy atom. The molecule has 16 heavy (non-hydrogen) atoms. The van der Waals surface area contributed by atoms with E-state index in [1.54, 1.807) is 0 Å². The number of carbonyl (C=O) groups excluding carboxylic acids is 1. The first-order chi connectivity index (χ1) is 7.27. The third-order valence-electron chi connectivity index (χ3n) is 1.75. The van der Waals surface area contributed by atoms with Gasteiger partial charge < -0.3 is 4.74 Å². The summed E-state index contributed by atoms with van der Waals surface area (Å²) >= 11 is 5.24. The number of benzene rings is 1. The number of esters is 1. The van der Waals surface area contributed by atoms with Crippen LogP contribution in [0.4, 0.5) is 17.6 Å². The summed E-state index contributed by atoms with van der Waals surface area (Å²) in [5.74, 6) is -2.63. The van der Waals surface area contributed by atoms with Crippen molar-refractivity contribution in [2.75, 3.05) is 7.11 Å². The van der Waals surface area contributed by atoms with Gasteiger partial charge in [-0.2, -0.15) is 13.2 Å². The molecular weight excluding hydrogens is 252 g/mol. The van der Waals surface area contributed by atoms with Crippen LogP contribution in [0, 0.1) is 5.82 Å². The smallest absolute Gasteiger partial charge is 0.419 e. The average Bonchev–Trinajstić information content (AvgIpc) is 2.18. The van der Waals surface area contributed by atoms with Gasteiger partial charge in [0.2, 0.25) is 0 Å². The molecule has 1 aromatic carbocycles. The molecule has 0 saturated heterocycles. The summed E-state index contributed by atoms with van der Waals surface area (Å²) in [7, 11) is 0.993. The minimum absolute atomic E-state index is 0.354. The number of methoxy groups -OCH3 is 1. The van der Waals surface area contributed by atoms with Crippen molar-refractivity contribution in [3.63, 3.8) is 0 Å². The lowest BCUT2D eigenvalue weighted by atomic mass is 10.1. The molecule has 0 heterocycles. The molecule has 0 aliphatic carbocycles. The third-order valence-corrected chi connectivity index (χ3v) is 2.03. The van der Waals surface area contributed by atoms with Gasteiger partial charge in [0.1, 0.15) is 0 Å². The minimum atomic E-state index is -4.92. The Bertz CT molecular complexity index is 428. The molecule has 0 N–H and O–H groups in total. The maximum absolute atomic E-state index is 13.0. The maximum Gasteiger partial charge on any atom is 0.419 e. The molecule has 88 valence electrons. The Morgan fingerprint density at radius 3 is 2.38 bits per heavy atom. The first-order valence-electron chi connectivity index (χ1n) is 3.92. The van der Waals surface area contributed by atoms with Gasteiger partial charge in [-0.15, -0.1) is 0 Å². The van der Waals surface area contributed by atoms with Gasteiger partial charge in [0.05, 0.1) is 23.3 Å². The van der Waals surface area contributed by atoms with E-state index in [-0.39, 0.29) is 0 Å². The van der Waals surface area contributed by atoms with Crippen molar-refractivity contribution in [1.82, 2.24) is 0 Å². The quantitative estimate of drug-likeness (QED) is 0.569. The third kappa shape index (κ3) is 2.44. The van der Waals surface area contributed by atoms with Gasteiger partial charge >= 0.3 is 12.1 Å². The van der Waals surface area contributed by atoms with E-state index in [1.165, 1.54) is 0 Å². The summed E-state index contributed by atoms with van der Waals surface area (Å²) in [6.07, 6.45) is -4.92. The van der Waals surface area contributed by atoms with Gasteiger partial charge in [-0.1, -0.05) is 11.6 Å². The van der Waals surface area contributed by atoms with Crippen molar-refractivity contribution in [1.29, 1.82) is 0 Å². The number of rotatable bonds is 1. The Labute approximate surface area is 92.8 Å². The number of hydrogen-bond acceptors (Lipinski definition) is 2. The lowest BCUT2D eigenvalue weighted by molar-refractivity contribution is -0.140. The van der Waals surface area contributed by atoms with Crippen LogP contribution in [0.15, 0.2) is 12.1 Å². The van der Waals surface area contributed by atoms with Crippen molar-refractivity contribution < 1.29 is 27.1 Å². The fraction of sp³-hybridized carbons (Fsp3) is 0.222. The molecule has 0 radical (unpaired) electrons. The van der Waals surface area contributed by atoms with E-state index in [4.69, 9.17) is 11.6 Å². The fourth-order valence-electron chi connectivity index (χ4n) is 1.03. The highest BCUT2D eigenvalue weighted by Gasteiger charge is 2.36. The number of halogens is 5. The van der Waals surface area contributed by atoms with Gasteiger partial charge in [0.25, 0.3) is 0 Å². The highest BCUT2D eigenvalue weighted by Crippen LogP contribution is 2.35. The highest BCUT2D eigenvalue weighted by molar-refractivity contribution is 6.31. The van der Waals surface area contributed by atoms with Crippen LogP contribution in [-0.2, 0) is 10.9 Å². The molecule has 0 saturated carbocycles. The van der Waals surface area contributed by atoms with Crippen molar-refractivity contribution in [2.45, 2.75) is 6.18 Å². The topological polar surface area (TPSA) is 26.3 Å². The van der Waals surface area contributed by atoms with Crippen molar-refractivity contribution in [3.8, 4) is 0 Å². The summed E-state index contributed by atoms with van der Waals surface area (Å²) in [4.78, 5) is 11.0. The highest BCUT2D eigenvalue weighted by atomic mass is 35.5. The van der Waals surface area contributed by atoms with E-state index in [0.717, 1.165) is 13.2 Å². The standard InChI is InChI=1S/C9H5ClF4O2/c1-16-8(15)4-2-5(9(12,13)14)7(11)6(10)3-4/h2-3H,1H3. The minimum Gasteiger partial charge on any atom is -0.465 e. The Hall–Kier alpha value is -1.30. The zero-order chi connectivity index (χ0) is 12.5. The van der Waals surface area contributed by atoms with E-state index in [9.17, 15) is 22.4 Å². The largest absolute Gasteiger partial charge is 0.465 e. The van der Waals surface area contributed by atoms with Crippen molar-refractivity contribution in [2.24, 2.45) is 0 Å². The Kier molecular flexibility index (Phi) is 3.42. The van der Waals surface area contributed by atoms with Crippen LogP contribution in [-0.4, -0.2) is 13.1 Å². The molecular formula is C9H5ClF4O2. The molecule has 1 rings (SSSR count). The van der Waals surface area contributed by atoms with Gasteiger partial charge in [-0.05, 0) is 12.1 Å². The number of ether oxygens (including phenoxy) is 1. The predicted molar refractivity (Wildman–Crippen MR) is 47.8 cm³/mol. The van der Waals surface area contributed by atoms with Gasteiger partial charge in [0, 0.05) is 0 Å². The summed E-state index contributed by atoms with van der Waals surface area (Å²) in [5.41, 5.74) is -2.05. The molecule has 0 amide bonds. The second-order valence-corrected chi connectivity index (χ2v) is 3.22. The lowest BCUT2D eigenvalue weighted by Gasteiger charge is -2.10. The predicted octanol–water partition coefficient (Wildman–Crippen LogP) is 3.28. The average molecular weight is 257 g/mol. The van der Waals surface area contributed by atoms with Gasteiger partial charge in [-0.3, -0.25) is 0 Å². The van der Waals surface area contributed by atoms with E-state index < -0.39 is 34.1 Å². The van der Waals surface area contributed by atoms with E-state index in [1.807, 2.05) is 0 Å². The van der Waals surface area contributed by atoms with Crippen molar-refractivity contribution in [3.05, 3.63) is 34.1 Å². The first-order valence-corrected chi connectivity index (χ1v) is 4.29. The molecule has 0 aliphatic rings. The maximum atomic E-state index is 13.0.